The molecule has 0 amide bonds. The zero-order chi connectivity index (χ0) is 15.2. The van der Waals surface area contributed by atoms with Crippen LogP contribution in [0.15, 0.2) is 12.1 Å². The molecule has 0 aliphatic carbocycles. The average Bonchev–Trinajstić information content (AvgIpc) is 2.40. The van der Waals surface area contributed by atoms with Crippen LogP contribution in [0.1, 0.15) is 49.8 Å². The summed E-state index contributed by atoms with van der Waals surface area (Å²) >= 11 is 0. The standard InChI is InChI=1S/C17H22N2O/c1-13-9-15(11-18)10-14(2)16(13)20-8-6-5-7-17(3,4)12-19/h9-10H,5-8H2,1-4H3. The molecule has 0 heterocycles. The Kier molecular flexibility index (Phi) is 5.59. The molecule has 3 nitrogen and oxygen atoms in total. The molecule has 0 spiro atoms. The van der Waals surface area contributed by atoms with Crippen LogP contribution in [-0.4, -0.2) is 6.61 Å². The summed E-state index contributed by atoms with van der Waals surface area (Å²) in [5.41, 5.74) is 2.42. The Morgan fingerprint density at radius 3 is 2.20 bits per heavy atom. The van der Waals surface area contributed by atoms with Gasteiger partial charge in [-0.25, -0.2) is 0 Å². The lowest BCUT2D eigenvalue weighted by atomic mass is 9.89. The fourth-order valence-electron chi connectivity index (χ4n) is 2.14. The number of hydrogen-bond donors (Lipinski definition) is 0. The fraction of sp³-hybridized carbons (Fsp3) is 0.529. The summed E-state index contributed by atoms with van der Waals surface area (Å²) in [6.45, 7) is 8.49. The van der Waals surface area contributed by atoms with Crippen LogP contribution in [0, 0.1) is 41.9 Å². The maximum absolute atomic E-state index is 8.94. The summed E-state index contributed by atoms with van der Waals surface area (Å²) in [7, 11) is 0. The van der Waals surface area contributed by atoms with E-state index in [1.165, 1.54) is 0 Å². The Bertz CT molecular complexity index is 524. The van der Waals surface area contributed by atoms with E-state index in [-0.39, 0.29) is 5.41 Å². The number of nitrogens with zero attached hydrogens (tertiary/aromatic N) is 2. The monoisotopic (exact) mass is 270 g/mol. The zero-order valence-corrected chi connectivity index (χ0v) is 12.8. The molecule has 0 aliphatic rings. The molecule has 0 saturated heterocycles. The maximum atomic E-state index is 8.94. The second-order valence-electron chi connectivity index (χ2n) is 5.85. The zero-order valence-electron chi connectivity index (χ0n) is 12.8. The Balaban J connectivity index is 2.48. The van der Waals surface area contributed by atoms with E-state index in [1.807, 2.05) is 39.8 Å². The van der Waals surface area contributed by atoms with E-state index in [9.17, 15) is 0 Å². The number of ether oxygens (including phenoxy) is 1. The Hall–Kier alpha value is -2.00. The fourth-order valence-corrected chi connectivity index (χ4v) is 2.14. The highest BCUT2D eigenvalue weighted by Crippen LogP contribution is 2.25. The summed E-state index contributed by atoms with van der Waals surface area (Å²) in [5.74, 6) is 0.878. The number of nitriles is 2. The molecule has 1 aromatic carbocycles. The molecule has 0 atom stereocenters. The van der Waals surface area contributed by atoms with Crippen LogP contribution in [0.2, 0.25) is 0 Å². The third-order valence-corrected chi connectivity index (χ3v) is 3.33. The van der Waals surface area contributed by atoms with Crippen molar-refractivity contribution in [2.75, 3.05) is 6.61 Å². The molecular weight excluding hydrogens is 248 g/mol. The number of aryl methyl sites for hydroxylation is 2. The van der Waals surface area contributed by atoms with Gasteiger partial charge >= 0.3 is 0 Å². The summed E-state index contributed by atoms with van der Waals surface area (Å²) in [4.78, 5) is 0. The van der Waals surface area contributed by atoms with Crippen molar-refractivity contribution in [3.8, 4) is 17.9 Å². The van der Waals surface area contributed by atoms with E-state index in [1.54, 1.807) is 0 Å². The van der Waals surface area contributed by atoms with Crippen LogP contribution in [-0.2, 0) is 0 Å². The molecular formula is C17H22N2O. The lowest BCUT2D eigenvalue weighted by molar-refractivity contribution is 0.291. The molecule has 20 heavy (non-hydrogen) atoms. The molecule has 106 valence electrons. The molecule has 0 aliphatic heterocycles. The normalized spacial score (nSPS) is 10.7. The van der Waals surface area contributed by atoms with Crippen molar-refractivity contribution in [2.24, 2.45) is 5.41 Å². The molecule has 0 N–H and O–H groups in total. The minimum atomic E-state index is -0.250. The minimum Gasteiger partial charge on any atom is -0.493 e. The Labute approximate surface area is 121 Å². The molecule has 0 bridgehead atoms. The number of benzene rings is 1. The van der Waals surface area contributed by atoms with Crippen molar-refractivity contribution < 1.29 is 4.74 Å². The van der Waals surface area contributed by atoms with Crippen molar-refractivity contribution >= 4 is 0 Å². The number of rotatable bonds is 6. The van der Waals surface area contributed by atoms with Crippen LogP contribution >= 0.6 is 0 Å². The third-order valence-electron chi connectivity index (χ3n) is 3.33. The van der Waals surface area contributed by atoms with Crippen LogP contribution < -0.4 is 4.74 Å². The van der Waals surface area contributed by atoms with Crippen molar-refractivity contribution in [1.29, 1.82) is 10.5 Å². The topological polar surface area (TPSA) is 56.8 Å². The van der Waals surface area contributed by atoms with Crippen molar-refractivity contribution in [1.82, 2.24) is 0 Å². The van der Waals surface area contributed by atoms with Gasteiger partial charge in [0.15, 0.2) is 0 Å². The molecule has 1 aromatic rings. The van der Waals surface area contributed by atoms with Crippen LogP contribution in [0.4, 0.5) is 0 Å². The van der Waals surface area contributed by atoms with Gasteiger partial charge in [0.25, 0.3) is 0 Å². The van der Waals surface area contributed by atoms with Gasteiger partial charge in [-0.3, -0.25) is 0 Å². The summed E-state index contributed by atoms with van der Waals surface area (Å²) in [6, 6.07) is 8.16. The first-order chi connectivity index (χ1) is 9.39. The minimum absolute atomic E-state index is 0.250. The number of hydrogen-bond acceptors (Lipinski definition) is 3. The van der Waals surface area contributed by atoms with Crippen molar-refractivity contribution in [3.63, 3.8) is 0 Å². The SMILES string of the molecule is Cc1cc(C#N)cc(C)c1OCCCCC(C)(C)C#N. The van der Waals surface area contributed by atoms with Gasteiger partial charge in [-0.15, -0.1) is 0 Å². The second-order valence-corrected chi connectivity index (χ2v) is 5.85. The van der Waals surface area contributed by atoms with E-state index < -0.39 is 0 Å². The first-order valence-electron chi connectivity index (χ1n) is 6.95. The van der Waals surface area contributed by atoms with E-state index in [0.717, 1.165) is 36.1 Å². The van der Waals surface area contributed by atoms with Gasteiger partial charge in [-0.1, -0.05) is 0 Å². The maximum Gasteiger partial charge on any atom is 0.125 e. The largest absolute Gasteiger partial charge is 0.493 e. The highest BCUT2D eigenvalue weighted by atomic mass is 16.5. The summed E-state index contributed by atoms with van der Waals surface area (Å²) in [5, 5.41) is 17.8. The average molecular weight is 270 g/mol. The van der Waals surface area contributed by atoms with Gasteiger partial charge in [0, 0.05) is 0 Å². The van der Waals surface area contributed by atoms with Gasteiger partial charge in [-0.2, -0.15) is 10.5 Å². The van der Waals surface area contributed by atoms with Gasteiger partial charge in [0.1, 0.15) is 5.75 Å². The number of unbranched alkanes of at least 4 members (excludes halogenated alkanes) is 1. The lowest BCUT2D eigenvalue weighted by Crippen LogP contribution is -2.08. The van der Waals surface area contributed by atoms with Crippen molar-refractivity contribution in [2.45, 2.75) is 47.0 Å². The molecule has 0 saturated carbocycles. The predicted molar refractivity (Wildman–Crippen MR) is 79.4 cm³/mol. The quantitative estimate of drug-likeness (QED) is 0.725. The summed E-state index contributed by atoms with van der Waals surface area (Å²) in [6.07, 6.45) is 2.80. The molecule has 3 heteroatoms. The molecule has 1 rings (SSSR count). The second kappa shape index (κ2) is 6.96. The highest BCUT2D eigenvalue weighted by molar-refractivity contribution is 5.47. The van der Waals surface area contributed by atoms with E-state index in [0.29, 0.717) is 12.2 Å². The molecule has 0 fully saturated rings. The Morgan fingerprint density at radius 1 is 1.10 bits per heavy atom. The lowest BCUT2D eigenvalue weighted by Gasteiger charge is -2.15. The predicted octanol–water partition coefficient (Wildman–Crippen LogP) is 4.27. The van der Waals surface area contributed by atoms with Gasteiger partial charge < -0.3 is 4.74 Å². The van der Waals surface area contributed by atoms with Crippen LogP contribution in [0.5, 0.6) is 5.75 Å². The highest BCUT2D eigenvalue weighted by Gasteiger charge is 2.15. The van der Waals surface area contributed by atoms with Gasteiger partial charge in [-0.05, 0) is 70.2 Å². The van der Waals surface area contributed by atoms with E-state index in [2.05, 4.69) is 12.1 Å². The van der Waals surface area contributed by atoms with E-state index in [4.69, 9.17) is 15.3 Å². The van der Waals surface area contributed by atoms with Crippen LogP contribution in [0.25, 0.3) is 0 Å². The summed E-state index contributed by atoms with van der Waals surface area (Å²) < 4.78 is 5.82. The van der Waals surface area contributed by atoms with E-state index >= 15 is 0 Å². The molecule has 0 radical (unpaired) electrons. The first kappa shape index (κ1) is 16.1. The first-order valence-corrected chi connectivity index (χ1v) is 6.95. The Morgan fingerprint density at radius 2 is 1.70 bits per heavy atom. The molecule has 0 unspecified atom stereocenters. The van der Waals surface area contributed by atoms with Gasteiger partial charge in [0.2, 0.25) is 0 Å². The smallest absolute Gasteiger partial charge is 0.125 e. The van der Waals surface area contributed by atoms with Gasteiger partial charge in [0.05, 0.1) is 29.7 Å². The molecule has 0 aromatic heterocycles. The van der Waals surface area contributed by atoms with Crippen LogP contribution in [0.3, 0.4) is 0 Å². The third kappa shape index (κ3) is 4.59. The van der Waals surface area contributed by atoms with Crippen molar-refractivity contribution in [3.05, 3.63) is 28.8 Å².